The second-order valence-corrected chi connectivity index (χ2v) is 2.67. The SMILES string of the molecule is N#CCc1ccccc1CC(=O)O. The number of aliphatic carboxylic acids is 1. The molecule has 1 N–H and O–H groups in total. The van der Waals surface area contributed by atoms with E-state index in [1.165, 1.54) is 0 Å². The second-order valence-electron chi connectivity index (χ2n) is 2.67. The van der Waals surface area contributed by atoms with Gasteiger partial charge in [-0.15, -0.1) is 0 Å². The number of hydrogen-bond acceptors (Lipinski definition) is 2. The molecule has 1 aromatic rings. The fourth-order valence-electron chi connectivity index (χ4n) is 1.15. The van der Waals surface area contributed by atoms with Gasteiger partial charge in [-0.3, -0.25) is 4.79 Å². The number of rotatable bonds is 3. The Balaban J connectivity index is 2.92. The lowest BCUT2D eigenvalue weighted by Gasteiger charge is -2.02. The molecule has 1 rings (SSSR count). The molecule has 0 unspecified atom stereocenters. The van der Waals surface area contributed by atoms with Gasteiger partial charge >= 0.3 is 5.97 Å². The van der Waals surface area contributed by atoms with Crippen molar-refractivity contribution in [3.8, 4) is 6.07 Å². The van der Waals surface area contributed by atoms with Crippen LogP contribution in [0.1, 0.15) is 11.1 Å². The summed E-state index contributed by atoms with van der Waals surface area (Å²) in [6.45, 7) is 0. The Morgan fingerprint density at radius 2 is 2.00 bits per heavy atom. The van der Waals surface area contributed by atoms with Gasteiger partial charge in [-0.25, -0.2) is 0 Å². The first-order chi connectivity index (χ1) is 6.24. The third kappa shape index (κ3) is 2.60. The van der Waals surface area contributed by atoms with E-state index in [0.717, 1.165) is 11.1 Å². The Labute approximate surface area is 76.2 Å². The minimum absolute atomic E-state index is 0.0160. The molecule has 3 nitrogen and oxygen atoms in total. The van der Waals surface area contributed by atoms with Crippen molar-refractivity contribution >= 4 is 5.97 Å². The quantitative estimate of drug-likeness (QED) is 0.754. The van der Waals surface area contributed by atoms with Crippen molar-refractivity contribution < 1.29 is 9.90 Å². The molecule has 0 aliphatic carbocycles. The van der Waals surface area contributed by atoms with Crippen LogP contribution < -0.4 is 0 Å². The van der Waals surface area contributed by atoms with Crippen LogP contribution in [0.2, 0.25) is 0 Å². The summed E-state index contributed by atoms with van der Waals surface area (Å²) in [5.74, 6) is -0.870. The standard InChI is InChI=1S/C10H9NO2/c11-6-5-8-3-1-2-4-9(8)7-10(12)13/h1-4H,5,7H2,(H,12,13). The van der Waals surface area contributed by atoms with E-state index in [-0.39, 0.29) is 12.8 Å². The lowest BCUT2D eigenvalue weighted by molar-refractivity contribution is -0.136. The molecular weight excluding hydrogens is 166 g/mol. The fourth-order valence-corrected chi connectivity index (χ4v) is 1.15. The van der Waals surface area contributed by atoms with Crippen molar-refractivity contribution in [3.63, 3.8) is 0 Å². The lowest BCUT2D eigenvalue weighted by Crippen LogP contribution is -2.02. The third-order valence-electron chi connectivity index (χ3n) is 1.73. The van der Waals surface area contributed by atoms with Crippen LogP contribution in [-0.2, 0) is 17.6 Å². The number of benzene rings is 1. The van der Waals surface area contributed by atoms with Gasteiger partial charge in [0.15, 0.2) is 0 Å². The van der Waals surface area contributed by atoms with Gasteiger partial charge in [0.1, 0.15) is 0 Å². The normalized spacial score (nSPS) is 9.15. The molecule has 0 bridgehead atoms. The first kappa shape index (κ1) is 9.27. The molecule has 0 radical (unpaired) electrons. The first-order valence-corrected chi connectivity index (χ1v) is 3.89. The molecule has 66 valence electrons. The largest absolute Gasteiger partial charge is 0.481 e. The van der Waals surface area contributed by atoms with E-state index >= 15 is 0 Å². The molecule has 0 atom stereocenters. The van der Waals surface area contributed by atoms with Crippen LogP contribution in [0, 0.1) is 11.3 Å². The van der Waals surface area contributed by atoms with Crippen molar-refractivity contribution in [2.24, 2.45) is 0 Å². The van der Waals surface area contributed by atoms with Crippen molar-refractivity contribution in [3.05, 3.63) is 35.4 Å². The van der Waals surface area contributed by atoms with E-state index < -0.39 is 5.97 Å². The van der Waals surface area contributed by atoms with Crippen molar-refractivity contribution in [1.29, 1.82) is 5.26 Å². The van der Waals surface area contributed by atoms with Crippen LogP contribution in [0.4, 0.5) is 0 Å². The molecule has 1 aromatic carbocycles. The summed E-state index contributed by atoms with van der Waals surface area (Å²) in [7, 11) is 0. The van der Waals surface area contributed by atoms with Gasteiger partial charge in [0.25, 0.3) is 0 Å². The van der Waals surface area contributed by atoms with E-state index in [1.807, 2.05) is 6.07 Å². The predicted molar refractivity (Wildman–Crippen MR) is 47.1 cm³/mol. The number of nitrogens with zero attached hydrogens (tertiary/aromatic N) is 1. The maximum atomic E-state index is 10.4. The van der Waals surface area contributed by atoms with Gasteiger partial charge < -0.3 is 5.11 Å². The maximum absolute atomic E-state index is 10.4. The molecule has 0 aliphatic heterocycles. The van der Waals surface area contributed by atoms with Gasteiger partial charge in [-0.05, 0) is 11.1 Å². The number of nitriles is 1. The summed E-state index contributed by atoms with van der Waals surface area (Å²) in [4.78, 5) is 10.4. The van der Waals surface area contributed by atoms with Gasteiger partial charge in [-0.1, -0.05) is 24.3 Å². The Morgan fingerprint density at radius 1 is 1.38 bits per heavy atom. The minimum Gasteiger partial charge on any atom is -0.481 e. The van der Waals surface area contributed by atoms with Crippen LogP contribution in [0.25, 0.3) is 0 Å². The van der Waals surface area contributed by atoms with E-state index in [1.54, 1.807) is 24.3 Å². The highest BCUT2D eigenvalue weighted by molar-refractivity contribution is 5.70. The molecule has 0 fully saturated rings. The highest BCUT2D eigenvalue weighted by Gasteiger charge is 2.04. The van der Waals surface area contributed by atoms with Crippen molar-refractivity contribution in [1.82, 2.24) is 0 Å². The Hall–Kier alpha value is -1.82. The monoisotopic (exact) mass is 175 g/mol. The van der Waals surface area contributed by atoms with Crippen LogP contribution in [0.15, 0.2) is 24.3 Å². The average molecular weight is 175 g/mol. The zero-order valence-electron chi connectivity index (χ0n) is 7.03. The van der Waals surface area contributed by atoms with E-state index in [9.17, 15) is 4.79 Å². The van der Waals surface area contributed by atoms with Crippen molar-refractivity contribution in [2.75, 3.05) is 0 Å². The Bertz CT molecular complexity index is 352. The molecule has 0 aromatic heterocycles. The summed E-state index contributed by atoms with van der Waals surface area (Å²) >= 11 is 0. The zero-order valence-corrected chi connectivity index (χ0v) is 7.03. The minimum atomic E-state index is -0.870. The molecule has 0 spiro atoms. The average Bonchev–Trinajstić information content (AvgIpc) is 2.08. The topological polar surface area (TPSA) is 61.1 Å². The lowest BCUT2D eigenvalue weighted by atomic mass is 10.0. The number of hydrogen-bond donors (Lipinski definition) is 1. The maximum Gasteiger partial charge on any atom is 0.307 e. The molecule has 0 saturated heterocycles. The van der Waals surface area contributed by atoms with Gasteiger partial charge in [0.05, 0.1) is 18.9 Å². The highest BCUT2D eigenvalue weighted by atomic mass is 16.4. The highest BCUT2D eigenvalue weighted by Crippen LogP contribution is 2.09. The fraction of sp³-hybridized carbons (Fsp3) is 0.200. The molecule has 0 amide bonds. The van der Waals surface area contributed by atoms with E-state index in [0.29, 0.717) is 0 Å². The number of carboxylic acids is 1. The van der Waals surface area contributed by atoms with Crippen molar-refractivity contribution in [2.45, 2.75) is 12.8 Å². The zero-order chi connectivity index (χ0) is 9.68. The summed E-state index contributed by atoms with van der Waals surface area (Å²) in [5.41, 5.74) is 1.52. The predicted octanol–water partition coefficient (Wildman–Crippen LogP) is 1.38. The van der Waals surface area contributed by atoms with Gasteiger partial charge in [0, 0.05) is 0 Å². The Kier molecular flexibility index (Phi) is 3.04. The summed E-state index contributed by atoms with van der Waals surface area (Å²) < 4.78 is 0. The molecule has 0 heterocycles. The van der Waals surface area contributed by atoms with Crippen LogP contribution in [-0.4, -0.2) is 11.1 Å². The number of carboxylic acid groups (broad SMARTS) is 1. The van der Waals surface area contributed by atoms with Gasteiger partial charge in [-0.2, -0.15) is 5.26 Å². The van der Waals surface area contributed by atoms with Gasteiger partial charge in [0.2, 0.25) is 0 Å². The number of carbonyl (C=O) groups is 1. The second kappa shape index (κ2) is 4.27. The molecule has 3 heteroatoms. The molecule has 13 heavy (non-hydrogen) atoms. The van der Waals surface area contributed by atoms with Crippen LogP contribution in [0.5, 0.6) is 0 Å². The smallest absolute Gasteiger partial charge is 0.307 e. The Morgan fingerprint density at radius 3 is 2.54 bits per heavy atom. The molecule has 0 saturated carbocycles. The van der Waals surface area contributed by atoms with Crippen LogP contribution in [0.3, 0.4) is 0 Å². The third-order valence-corrected chi connectivity index (χ3v) is 1.73. The summed E-state index contributed by atoms with van der Waals surface area (Å²) in [5, 5.41) is 17.1. The summed E-state index contributed by atoms with van der Waals surface area (Å²) in [6.07, 6.45) is 0.251. The summed E-state index contributed by atoms with van der Waals surface area (Å²) in [6, 6.07) is 9.10. The van der Waals surface area contributed by atoms with E-state index in [2.05, 4.69) is 0 Å². The first-order valence-electron chi connectivity index (χ1n) is 3.89. The van der Waals surface area contributed by atoms with Crippen LogP contribution >= 0.6 is 0 Å². The van der Waals surface area contributed by atoms with E-state index in [4.69, 9.17) is 10.4 Å². The molecular formula is C10H9NO2. The molecule has 0 aliphatic rings.